The predicted molar refractivity (Wildman–Crippen MR) is 86.4 cm³/mol. The molecule has 0 saturated heterocycles. The van der Waals surface area contributed by atoms with Crippen LogP contribution in [0.4, 0.5) is 4.39 Å². The van der Waals surface area contributed by atoms with Crippen LogP contribution in [0.5, 0.6) is 11.5 Å². The maximum Gasteiger partial charge on any atom is 0.141 e. The number of methoxy groups -OCH3 is 2. The maximum atomic E-state index is 13.6. The SMILES string of the molecule is COc1cc(Cl)ccc1C(Cl)c1cc(Br)c(F)cc1OC. The summed E-state index contributed by atoms with van der Waals surface area (Å²) < 4.78 is 24.4. The first kappa shape index (κ1) is 16.4. The standard InChI is InChI=1S/C15H12BrCl2FO2/c1-20-13-5-8(17)3-4-9(13)15(18)10-6-11(16)12(19)7-14(10)21-2/h3-7,15H,1-2H3. The molecule has 1 unspecified atom stereocenters. The van der Waals surface area contributed by atoms with Gasteiger partial charge < -0.3 is 9.47 Å². The van der Waals surface area contributed by atoms with Crippen molar-refractivity contribution in [2.24, 2.45) is 0 Å². The van der Waals surface area contributed by atoms with E-state index < -0.39 is 11.2 Å². The third-order valence-electron chi connectivity index (χ3n) is 3.01. The molecule has 0 heterocycles. The zero-order valence-electron chi connectivity index (χ0n) is 11.3. The highest BCUT2D eigenvalue weighted by atomic mass is 79.9. The fourth-order valence-electron chi connectivity index (χ4n) is 1.98. The molecule has 0 radical (unpaired) electrons. The average molecular weight is 394 g/mol. The number of hydrogen-bond acceptors (Lipinski definition) is 2. The topological polar surface area (TPSA) is 18.5 Å². The summed E-state index contributed by atoms with van der Waals surface area (Å²) in [5, 5.41) is -0.0178. The lowest BCUT2D eigenvalue weighted by molar-refractivity contribution is 0.402. The van der Waals surface area contributed by atoms with Crippen LogP contribution in [0, 0.1) is 5.82 Å². The lowest BCUT2D eigenvalue weighted by Crippen LogP contribution is -2.01. The van der Waals surface area contributed by atoms with E-state index in [0.29, 0.717) is 26.6 Å². The zero-order valence-corrected chi connectivity index (χ0v) is 14.4. The van der Waals surface area contributed by atoms with E-state index in [1.54, 1.807) is 24.3 Å². The largest absolute Gasteiger partial charge is 0.496 e. The van der Waals surface area contributed by atoms with E-state index in [1.807, 2.05) is 0 Å². The van der Waals surface area contributed by atoms with Gasteiger partial charge in [0.2, 0.25) is 0 Å². The van der Waals surface area contributed by atoms with E-state index in [2.05, 4.69) is 15.9 Å². The van der Waals surface area contributed by atoms with Crippen LogP contribution in [-0.4, -0.2) is 14.2 Å². The van der Waals surface area contributed by atoms with Crippen LogP contribution < -0.4 is 9.47 Å². The van der Waals surface area contributed by atoms with Crippen molar-refractivity contribution in [2.45, 2.75) is 5.38 Å². The third-order valence-corrected chi connectivity index (χ3v) is 4.33. The second-order valence-electron chi connectivity index (χ2n) is 4.26. The average Bonchev–Trinajstić information content (AvgIpc) is 2.48. The Morgan fingerprint density at radius 3 is 2.29 bits per heavy atom. The van der Waals surface area contributed by atoms with Gasteiger partial charge in [0, 0.05) is 22.2 Å². The van der Waals surface area contributed by atoms with E-state index >= 15 is 0 Å². The molecule has 0 aromatic heterocycles. The van der Waals surface area contributed by atoms with Crippen LogP contribution in [0.25, 0.3) is 0 Å². The summed E-state index contributed by atoms with van der Waals surface area (Å²) in [5.41, 5.74) is 1.36. The van der Waals surface area contributed by atoms with Crippen molar-refractivity contribution in [3.05, 3.63) is 56.8 Å². The molecule has 0 bridgehead atoms. The van der Waals surface area contributed by atoms with Crippen LogP contribution >= 0.6 is 39.1 Å². The van der Waals surface area contributed by atoms with Gasteiger partial charge in [0.15, 0.2) is 0 Å². The molecule has 0 spiro atoms. The maximum absolute atomic E-state index is 13.6. The number of halogens is 4. The Bertz CT molecular complexity index is 664. The molecule has 21 heavy (non-hydrogen) atoms. The summed E-state index contributed by atoms with van der Waals surface area (Å²) in [5.74, 6) is 0.514. The molecule has 0 fully saturated rings. The predicted octanol–water partition coefficient (Wildman–Crippen LogP) is 5.59. The van der Waals surface area contributed by atoms with Crippen molar-refractivity contribution in [1.29, 1.82) is 0 Å². The lowest BCUT2D eigenvalue weighted by Gasteiger charge is -2.18. The van der Waals surface area contributed by atoms with Gasteiger partial charge in [-0.3, -0.25) is 0 Å². The molecule has 2 aromatic rings. The smallest absolute Gasteiger partial charge is 0.141 e. The van der Waals surface area contributed by atoms with Gasteiger partial charge in [-0.25, -0.2) is 4.39 Å². The quantitative estimate of drug-likeness (QED) is 0.630. The van der Waals surface area contributed by atoms with Crippen LogP contribution in [0.2, 0.25) is 5.02 Å². The molecule has 2 rings (SSSR count). The Kier molecular flexibility index (Phi) is 5.36. The van der Waals surface area contributed by atoms with Crippen molar-refractivity contribution < 1.29 is 13.9 Å². The van der Waals surface area contributed by atoms with Crippen LogP contribution in [0.15, 0.2) is 34.8 Å². The minimum Gasteiger partial charge on any atom is -0.496 e. The summed E-state index contributed by atoms with van der Waals surface area (Å²) in [6.45, 7) is 0. The monoisotopic (exact) mass is 392 g/mol. The van der Waals surface area contributed by atoms with Gasteiger partial charge in [-0.15, -0.1) is 11.6 Å². The molecular weight excluding hydrogens is 382 g/mol. The number of alkyl halides is 1. The van der Waals surface area contributed by atoms with Gasteiger partial charge in [-0.1, -0.05) is 17.7 Å². The van der Waals surface area contributed by atoms with Crippen molar-refractivity contribution in [2.75, 3.05) is 14.2 Å². The molecule has 112 valence electrons. The van der Waals surface area contributed by atoms with E-state index in [4.69, 9.17) is 32.7 Å². The Morgan fingerprint density at radius 1 is 1.05 bits per heavy atom. The van der Waals surface area contributed by atoms with E-state index in [-0.39, 0.29) is 0 Å². The van der Waals surface area contributed by atoms with E-state index in [0.717, 1.165) is 5.56 Å². The second kappa shape index (κ2) is 6.86. The van der Waals surface area contributed by atoms with Crippen molar-refractivity contribution >= 4 is 39.1 Å². The Morgan fingerprint density at radius 2 is 1.67 bits per heavy atom. The molecule has 0 amide bonds. The molecule has 0 aliphatic carbocycles. The van der Waals surface area contributed by atoms with Crippen LogP contribution in [0.1, 0.15) is 16.5 Å². The Labute approximate surface area is 140 Å². The normalized spacial score (nSPS) is 12.1. The van der Waals surface area contributed by atoms with Gasteiger partial charge >= 0.3 is 0 Å². The number of benzene rings is 2. The highest BCUT2D eigenvalue weighted by Crippen LogP contribution is 2.41. The first-order valence-electron chi connectivity index (χ1n) is 5.98. The van der Waals surface area contributed by atoms with Gasteiger partial charge in [0.1, 0.15) is 17.3 Å². The summed E-state index contributed by atoms with van der Waals surface area (Å²) in [4.78, 5) is 0. The van der Waals surface area contributed by atoms with Crippen LogP contribution in [-0.2, 0) is 0 Å². The third kappa shape index (κ3) is 3.44. The fraction of sp³-hybridized carbons (Fsp3) is 0.200. The zero-order chi connectivity index (χ0) is 15.6. The molecule has 6 heteroatoms. The van der Waals surface area contributed by atoms with Gasteiger partial charge in [0.25, 0.3) is 0 Å². The highest BCUT2D eigenvalue weighted by Gasteiger charge is 2.21. The summed E-state index contributed by atoms with van der Waals surface area (Å²) >= 11 is 15.6. The second-order valence-corrected chi connectivity index (χ2v) is 5.98. The summed E-state index contributed by atoms with van der Waals surface area (Å²) in [6, 6.07) is 8.06. The molecule has 2 nitrogen and oxygen atoms in total. The van der Waals surface area contributed by atoms with Crippen molar-refractivity contribution in [3.8, 4) is 11.5 Å². The first-order chi connectivity index (χ1) is 9.97. The van der Waals surface area contributed by atoms with E-state index in [1.165, 1.54) is 20.3 Å². The lowest BCUT2D eigenvalue weighted by atomic mass is 10.0. The molecule has 2 aromatic carbocycles. The fourth-order valence-corrected chi connectivity index (χ4v) is 2.85. The summed E-state index contributed by atoms with van der Waals surface area (Å²) in [7, 11) is 3.01. The minimum absolute atomic E-state index is 0.317. The number of rotatable bonds is 4. The molecule has 0 aliphatic heterocycles. The van der Waals surface area contributed by atoms with Gasteiger partial charge in [-0.05, 0) is 34.1 Å². The number of hydrogen-bond donors (Lipinski definition) is 0. The van der Waals surface area contributed by atoms with Gasteiger partial charge in [0.05, 0.1) is 24.1 Å². The summed E-state index contributed by atoms with van der Waals surface area (Å²) in [6.07, 6.45) is 0. The van der Waals surface area contributed by atoms with Crippen LogP contribution in [0.3, 0.4) is 0 Å². The molecular formula is C15H12BrCl2FO2. The molecule has 0 saturated carbocycles. The molecule has 1 atom stereocenters. The van der Waals surface area contributed by atoms with Gasteiger partial charge in [-0.2, -0.15) is 0 Å². The highest BCUT2D eigenvalue weighted by molar-refractivity contribution is 9.10. The number of ether oxygens (including phenoxy) is 2. The first-order valence-corrected chi connectivity index (χ1v) is 7.59. The Hall–Kier alpha value is -0.970. The van der Waals surface area contributed by atoms with Crippen molar-refractivity contribution in [1.82, 2.24) is 0 Å². The van der Waals surface area contributed by atoms with Crippen molar-refractivity contribution in [3.63, 3.8) is 0 Å². The molecule has 0 N–H and O–H groups in total. The van der Waals surface area contributed by atoms with E-state index in [9.17, 15) is 4.39 Å². The molecule has 0 aliphatic rings. The minimum atomic E-state index is -0.566. The Balaban J connectivity index is 2.54.